The van der Waals surface area contributed by atoms with Crippen LogP contribution in [0.2, 0.25) is 0 Å². The zero-order valence-electron chi connectivity index (χ0n) is 12.5. The molecule has 1 aliphatic rings. The van der Waals surface area contributed by atoms with E-state index in [-0.39, 0.29) is 11.9 Å². The smallest absolute Gasteiger partial charge is 0.251 e. The highest BCUT2D eigenvalue weighted by Gasteiger charge is 2.18. The lowest BCUT2D eigenvalue weighted by atomic mass is 10.1. The molecule has 3 nitrogen and oxygen atoms in total. The van der Waals surface area contributed by atoms with Crippen LogP contribution in [0, 0.1) is 0 Å². The first-order valence-corrected chi connectivity index (χ1v) is 9.51. The summed E-state index contributed by atoms with van der Waals surface area (Å²) in [5.41, 5.74) is 1.98. The van der Waals surface area contributed by atoms with Crippen LogP contribution < -0.4 is 5.32 Å². The first-order chi connectivity index (χ1) is 10.7. The molecular formula is C17H19NO2S2. The fourth-order valence-corrected chi connectivity index (χ4v) is 5.25. The normalized spacial score (nSPS) is 17.1. The third-order valence-corrected chi connectivity index (χ3v) is 6.60. The number of carbonyl (C=O) groups is 1. The van der Waals surface area contributed by atoms with Gasteiger partial charge in [0.05, 0.1) is 16.9 Å². The Morgan fingerprint density at radius 1 is 1.23 bits per heavy atom. The molecule has 116 valence electrons. The average Bonchev–Trinajstić information content (AvgIpc) is 3.10. The number of furan rings is 1. The minimum atomic E-state index is -0.133. The highest BCUT2D eigenvalue weighted by molar-refractivity contribution is 8.16. The molecule has 0 saturated carbocycles. The third kappa shape index (κ3) is 3.70. The van der Waals surface area contributed by atoms with Crippen molar-refractivity contribution in [2.45, 2.75) is 24.0 Å². The summed E-state index contributed by atoms with van der Waals surface area (Å²) in [6, 6.07) is 11.5. The van der Waals surface area contributed by atoms with Crippen LogP contribution in [0.15, 0.2) is 47.1 Å². The fraction of sp³-hybridized carbons (Fsp3) is 0.353. The van der Waals surface area contributed by atoms with Crippen molar-refractivity contribution in [1.82, 2.24) is 5.32 Å². The third-order valence-electron chi connectivity index (χ3n) is 3.59. The quantitative estimate of drug-likeness (QED) is 0.885. The molecule has 1 aliphatic heterocycles. The summed E-state index contributed by atoms with van der Waals surface area (Å²) in [4.78, 5) is 12.3. The van der Waals surface area contributed by atoms with Crippen LogP contribution in [0.1, 0.15) is 45.7 Å². The van der Waals surface area contributed by atoms with Crippen molar-refractivity contribution in [2.24, 2.45) is 0 Å². The van der Waals surface area contributed by atoms with Crippen LogP contribution in [0.4, 0.5) is 0 Å². The van der Waals surface area contributed by atoms with Crippen molar-refractivity contribution >= 4 is 29.4 Å². The van der Waals surface area contributed by atoms with Gasteiger partial charge in [-0.3, -0.25) is 4.79 Å². The molecule has 0 spiro atoms. The summed E-state index contributed by atoms with van der Waals surface area (Å²) in [6.45, 7) is 1.92. The Morgan fingerprint density at radius 2 is 1.95 bits per heavy atom. The highest BCUT2D eigenvalue weighted by Crippen LogP contribution is 2.43. The van der Waals surface area contributed by atoms with E-state index >= 15 is 0 Å². The molecule has 0 bridgehead atoms. The predicted octanol–water partition coefficient (Wildman–Crippen LogP) is 4.64. The SMILES string of the molecule is C[C@@H](NC(=O)c1ccc(C2SCCCS2)cc1)c1ccco1. The molecule has 1 atom stereocenters. The molecule has 2 heterocycles. The highest BCUT2D eigenvalue weighted by atomic mass is 32.2. The molecule has 1 N–H and O–H groups in total. The largest absolute Gasteiger partial charge is 0.467 e. The molecule has 2 aromatic rings. The van der Waals surface area contributed by atoms with E-state index in [1.54, 1.807) is 6.26 Å². The second-order valence-corrected chi connectivity index (χ2v) is 7.98. The minimum Gasteiger partial charge on any atom is -0.467 e. The van der Waals surface area contributed by atoms with Crippen molar-refractivity contribution in [2.75, 3.05) is 11.5 Å². The van der Waals surface area contributed by atoms with E-state index < -0.39 is 0 Å². The van der Waals surface area contributed by atoms with Crippen LogP contribution in [0.25, 0.3) is 0 Å². The second kappa shape index (κ2) is 7.29. The Morgan fingerprint density at radius 3 is 2.59 bits per heavy atom. The van der Waals surface area contributed by atoms with Crippen LogP contribution in [-0.4, -0.2) is 17.4 Å². The Bertz CT molecular complexity index is 604. The van der Waals surface area contributed by atoms with Gasteiger partial charge in [0.15, 0.2) is 0 Å². The number of amides is 1. The number of rotatable bonds is 4. The van der Waals surface area contributed by atoms with E-state index in [0.29, 0.717) is 10.1 Å². The van der Waals surface area contributed by atoms with Gasteiger partial charge in [-0.25, -0.2) is 0 Å². The second-order valence-electron chi connectivity index (χ2n) is 5.26. The van der Waals surface area contributed by atoms with Crippen molar-refractivity contribution in [3.8, 4) is 0 Å². The number of hydrogen-bond acceptors (Lipinski definition) is 4. The summed E-state index contributed by atoms with van der Waals surface area (Å²) < 4.78 is 5.82. The number of benzene rings is 1. The minimum absolute atomic E-state index is 0.0700. The van der Waals surface area contributed by atoms with Gasteiger partial charge < -0.3 is 9.73 Å². The molecule has 1 aromatic heterocycles. The molecule has 5 heteroatoms. The predicted molar refractivity (Wildman–Crippen MR) is 93.3 cm³/mol. The van der Waals surface area contributed by atoms with Gasteiger partial charge in [0.1, 0.15) is 5.76 Å². The molecular weight excluding hydrogens is 314 g/mol. The van der Waals surface area contributed by atoms with Crippen molar-refractivity contribution < 1.29 is 9.21 Å². The molecule has 3 rings (SSSR count). The Hall–Kier alpha value is -1.33. The zero-order chi connectivity index (χ0) is 15.4. The number of nitrogens with one attached hydrogen (secondary N) is 1. The standard InChI is InChI=1S/C17H19NO2S2/c1-12(15-4-2-9-20-15)18-16(19)13-5-7-14(8-6-13)17-21-10-3-11-22-17/h2,4-9,12,17H,3,10-11H2,1H3,(H,18,19)/t12-/m1/s1. The topological polar surface area (TPSA) is 42.2 Å². The average molecular weight is 333 g/mol. The van der Waals surface area contributed by atoms with Gasteiger partial charge in [-0.05, 0) is 54.7 Å². The molecule has 0 unspecified atom stereocenters. The lowest BCUT2D eigenvalue weighted by Crippen LogP contribution is -2.26. The number of carbonyl (C=O) groups excluding carboxylic acids is 1. The van der Waals surface area contributed by atoms with E-state index in [0.717, 1.165) is 5.76 Å². The lowest BCUT2D eigenvalue weighted by molar-refractivity contribution is 0.0935. The van der Waals surface area contributed by atoms with Crippen molar-refractivity contribution in [3.63, 3.8) is 0 Å². The Kier molecular flexibility index (Phi) is 5.16. The molecule has 1 fully saturated rings. The lowest BCUT2D eigenvalue weighted by Gasteiger charge is -2.21. The van der Waals surface area contributed by atoms with E-state index in [4.69, 9.17) is 4.42 Å². The first-order valence-electron chi connectivity index (χ1n) is 7.41. The number of thioether (sulfide) groups is 2. The van der Waals surface area contributed by atoms with Gasteiger partial charge in [-0.15, -0.1) is 23.5 Å². The van der Waals surface area contributed by atoms with Crippen LogP contribution in [0.5, 0.6) is 0 Å². The van der Waals surface area contributed by atoms with E-state index in [9.17, 15) is 4.79 Å². The Balaban J connectivity index is 1.63. The summed E-state index contributed by atoms with van der Waals surface area (Å²) in [6.07, 6.45) is 2.91. The summed E-state index contributed by atoms with van der Waals surface area (Å²) >= 11 is 3.98. The molecule has 1 amide bonds. The van der Waals surface area contributed by atoms with Gasteiger partial charge >= 0.3 is 0 Å². The molecule has 1 saturated heterocycles. The van der Waals surface area contributed by atoms with E-state index in [1.165, 1.54) is 23.5 Å². The van der Waals surface area contributed by atoms with Crippen LogP contribution in [-0.2, 0) is 0 Å². The number of hydrogen-bond donors (Lipinski definition) is 1. The first kappa shape index (κ1) is 15.6. The Labute approximate surface area is 139 Å². The van der Waals surface area contributed by atoms with Crippen LogP contribution in [0.3, 0.4) is 0 Å². The maximum atomic E-state index is 12.3. The van der Waals surface area contributed by atoms with Gasteiger partial charge in [0.2, 0.25) is 0 Å². The van der Waals surface area contributed by atoms with Gasteiger partial charge in [-0.1, -0.05) is 12.1 Å². The van der Waals surface area contributed by atoms with Crippen molar-refractivity contribution in [3.05, 3.63) is 59.5 Å². The van der Waals surface area contributed by atoms with E-state index in [1.807, 2.05) is 54.7 Å². The van der Waals surface area contributed by atoms with Gasteiger partial charge in [0.25, 0.3) is 5.91 Å². The van der Waals surface area contributed by atoms with E-state index in [2.05, 4.69) is 17.4 Å². The fourth-order valence-electron chi connectivity index (χ4n) is 2.36. The van der Waals surface area contributed by atoms with Crippen molar-refractivity contribution in [1.29, 1.82) is 0 Å². The van der Waals surface area contributed by atoms with Gasteiger partial charge in [-0.2, -0.15) is 0 Å². The zero-order valence-corrected chi connectivity index (χ0v) is 14.1. The summed E-state index contributed by atoms with van der Waals surface area (Å²) in [5, 5.41) is 2.95. The van der Waals surface area contributed by atoms with Crippen LogP contribution >= 0.6 is 23.5 Å². The molecule has 0 aliphatic carbocycles. The monoisotopic (exact) mass is 333 g/mol. The summed E-state index contributed by atoms with van der Waals surface area (Å²) in [5.74, 6) is 3.14. The summed E-state index contributed by atoms with van der Waals surface area (Å²) in [7, 11) is 0. The molecule has 22 heavy (non-hydrogen) atoms. The molecule has 0 radical (unpaired) electrons. The maximum absolute atomic E-state index is 12.3. The maximum Gasteiger partial charge on any atom is 0.251 e. The molecule has 1 aromatic carbocycles. The van der Waals surface area contributed by atoms with Gasteiger partial charge in [0, 0.05) is 5.56 Å².